The molecule has 1 aromatic heterocycles. The van der Waals surface area contributed by atoms with Crippen molar-refractivity contribution in [1.29, 1.82) is 0 Å². The Morgan fingerprint density at radius 2 is 2.11 bits per heavy atom. The number of carbonyl (C=O) groups is 1. The van der Waals surface area contributed by atoms with Crippen LogP contribution in [0.15, 0.2) is 5.38 Å². The van der Waals surface area contributed by atoms with Gasteiger partial charge in [0.25, 0.3) is 0 Å². The Morgan fingerprint density at radius 1 is 1.47 bits per heavy atom. The van der Waals surface area contributed by atoms with E-state index in [1.165, 1.54) is 6.42 Å². The van der Waals surface area contributed by atoms with Crippen LogP contribution in [-0.2, 0) is 16.6 Å². The molecule has 104 valence electrons. The number of carboxylic acid groups (broad SMARTS) is 1. The van der Waals surface area contributed by atoms with E-state index in [-0.39, 0.29) is 5.41 Å². The van der Waals surface area contributed by atoms with E-state index in [0.717, 1.165) is 23.5 Å². The van der Waals surface area contributed by atoms with Crippen molar-refractivity contribution < 1.29 is 9.90 Å². The maximum atomic E-state index is 11.7. The van der Waals surface area contributed by atoms with E-state index in [2.05, 4.69) is 31.1 Å². The third-order valence-corrected chi connectivity index (χ3v) is 5.49. The zero-order valence-electron chi connectivity index (χ0n) is 11.8. The van der Waals surface area contributed by atoms with Gasteiger partial charge in [0.15, 0.2) is 0 Å². The molecule has 2 atom stereocenters. The van der Waals surface area contributed by atoms with Gasteiger partial charge in [-0.3, -0.25) is 4.79 Å². The number of hydrogen-bond donors (Lipinski definition) is 1. The predicted molar refractivity (Wildman–Crippen MR) is 75.4 cm³/mol. The zero-order chi connectivity index (χ0) is 13.8. The predicted octanol–water partition coefficient (Wildman–Crippen LogP) is 3.48. The molecule has 2 fully saturated rings. The summed E-state index contributed by atoms with van der Waals surface area (Å²) < 4.78 is 0. The standard InChI is InChI=1S/C15H21NO2S/c1-14(2,3)11-8-19-12(16-11)7-15(13(17)18)5-9-4-10(9)6-15/h8-10H,4-7H2,1-3H3,(H,17,18). The molecule has 2 saturated carbocycles. The molecule has 1 N–H and O–H groups in total. The zero-order valence-corrected chi connectivity index (χ0v) is 12.6. The Labute approximate surface area is 118 Å². The van der Waals surface area contributed by atoms with Crippen LogP contribution >= 0.6 is 11.3 Å². The first kappa shape index (κ1) is 13.1. The molecule has 0 saturated heterocycles. The summed E-state index contributed by atoms with van der Waals surface area (Å²) in [6.45, 7) is 6.43. The summed E-state index contributed by atoms with van der Waals surface area (Å²) in [7, 11) is 0. The number of fused-ring (bicyclic) bond motifs is 1. The highest BCUT2D eigenvalue weighted by atomic mass is 32.1. The lowest BCUT2D eigenvalue weighted by Crippen LogP contribution is -2.32. The highest BCUT2D eigenvalue weighted by Crippen LogP contribution is 2.61. The fraction of sp³-hybridized carbons (Fsp3) is 0.733. The molecule has 3 rings (SSSR count). The van der Waals surface area contributed by atoms with Crippen molar-refractivity contribution in [2.75, 3.05) is 0 Å². The van der Waals surface area contributed by atoms with E-state index in [0.29, 0.717) is 18.3 Å². The SMILES string of the molecule is CC(C)(C)c1csc(CC2(C(=O)O)CC3CC3C2)n1. The summed E-state index contributed by atoms with van der Waals surface area (Å²) in [5, 5.41) is 12.7. The van der Waals surface area contributed by atoms with Crippen LogP contribution in [0.25, 0.3) is 0 Å². The Bertz CT molecular complexity index is 504. The van der Waals surface area contributed by atoms with Gasteiger partial charge in [-0.1, -0.05) is 20.8 Å². The molecular weight excluding hydrogens is 258 g/mol. The van der Waals surface area contributed by atoms with Crippen molar-refractivity contribution in [2.45, 2.75) is 51.9 Å². The number of hydrogen-bond acceptors (Lipinski definition) is 3. The van der Waals surface area contributed by atoms with E-state index in [9.17, 15) is 9.90 Å². The molecule has 0 amide bonds. The summed E-state index contributed by atoms with van der Waals surface area (Å²) in [6.07, 6.45) is 3.59. The Hall–Kier alpha value is -0.900. The average molecular weight is 279 g/mol. The normalized spacial score (nSPS) is 33.2. The number of aromatic nitrogens is 1. The fourth-order valence-electron chi connectivity index (χ4n) is 3.32. The van der Waals surface area contributed by atoms with Crippen LogP contribution < -0.4 is 0 Å². The van der Waals surface area contributed by atoms with Crippen molar-refractivity contribution in [1.82, 2.24) is 4.98 Å². The second-order valence-corrected chi connectivity index (χ2v) is 8.25. The van der Waals surface area contributed by atoms with E-state index < -0.39 is 11.4 Å². The third kappa shape index (κ3) is 2.31. The lowest BCUT2D eigenvalue weighted by atomic mass is 9.80. The lowest BCUT2D eigenvalue weighted by molar-refractivity contribution is -0.149. The molecular formula is C15H21NO2S. The van der Waals surface area contributed by atoms with Crippen molar-refractivity contribution in [3.63, 3.8) is 0 Å². The van der Waals surface area contributed by atoms with Gasteiger partial charge in [0.1, 0.15) is 0 Å². The van der Waals surface area contributed by atoms with Gasteiger partial charge in [0, 0.05) is 17.2 Å². The number of aliphatic carboxylic acids is 1. The minimum atomic E-state index is -0.618. The summed E-state index contributed by atoms with van der Waals surface area (Å²) in [6, 6.07) is 0. The van der Waals surface area contributed by atoms with Gasteiger partial charge >= 0.3 is 5.97 Å². The number of nitrogens with zero attached hydrogens (tertiary/aromatic N) is 1. The molecule has 2 aliphatic carbocycles. The molecule has 0 aromatic carbocycles. The smallest absolute Gasteiger partial charge is 0.310 e. The molecule has 2 unspecified atom stereocenters. The van der Waals surface area contributed by atoms with Crippen LogP contribution in [0, 0.1) is 17.3 Å². The van der Waals surface area contributed by atoms with Gasteiger partial charge in [-0.05, 0) is 31.1 Å². The summed E-state index contributed by atoms with van der Waals surface area (Å²) in [5.41, 5.74) is 0.597. The van der Waals surface area contributed by atoms with Crippen molar-refractivity contribution in [2.24, 2.45) is 17.3 Å². The third-order valence-electron chi connectivity index (χ3n) is 4.64. The quantitative estimate of drug-likeness (QED) is 0.921. The van der Waals surface area contributed by atoms with E-state index in [1.807, 2.05) is 0 Å². The van der Waals surface area contributed by atoms with Crippen LogP contribution in [0.1, 0.15) is 50.7 Å². The number of thiazole rings is 1. The van der Waals surface area contributed by atoms with Gasteiger partial charge in [0.05, 0.1) is 16.1 Å². The fourth-order valence-corrected chi connectivity index (χ4v) is 4.48. The first-order chi connectivity index (χ1) is 8.80. The lowest BCUT2D eigenvalue weighted by Gasteiger charge is -2.24. The highest BCUT2D eigenvalue weighted by molar-refractivity contribution is 7.09. The van der Waals surface area contributed by atoms with E-state index in [4.69, 9.17) is 0 Å². The molecule has 0 aliphatic heterocycles. The molecule has 0 bridgehead atoms. The average Bonchev–Trinajstić information content (AvgIpc) is 2.76. The van der Waals surface area contributed by atoms with Crippen LogP contribution in [0.4, 0.5) is 0 Å². The summed E-state index contributed by atoms with van der Waals surface area (Å²) >= 11 is 1.62. The van der Waals surface area contributed by atoms with Crippen molar-refractivity contribution in [3.8, 4) is 0 Å². The minimum Gasteiger partial charge on any atom is -0.481 e. The molecule has 0 radical (unpaired) electrons. The highest BCUT2D eigenvalue weighted by Gasteiger charge is 2.57. The van der Waals surface area contributed by atoms with Crippen LogP contribution in [0.5, 0.6) is 0 Å². The van der Waals surface area contributed by atoms with Gasteiger partial charge in [0.2, 0.25) is 0 Å². The Balaban J connectivity index is 1.80. The number of carboxylic acids is 1. The first-order valence-corrected chi connectivity index (χ1v) is 7.86. The topological polar surface area (TPSA) is 50.2 Å². The molecule has 1 heterocycles. The van der Waals surface area contributed by atoms with Gasteiger partial charge in [-0.25, -0.2) is 4.98 Å². The second-order valence-electron chi connectivity index (χ2n) is 7.30. The first-order valence-electron chi connectivity index (χ1n) is 6.98. The molecule has 1 aromatic rings. The maximum absolute atomic E-state index is 11.7. The summed E-state index contributed by atoms with van der Waals surface area (Å²) in [4.78, 5) is 16.3. The molecule has 0 spiro atoms. The van der Waals surface area contributed by atoms with Gasteiger partial charge < -0.3 is 5.11 Å². The molecule has 2 aliphatic rings. The summed E-state index contributed by atoms with van der Waals surface area (Å²) in [5.74, 6) is 0.739. The van der Waals surface area contributed by atoms with E-state index >= 15 is 0 Å². The minimum absolute atomic E-state index is 0.0446. The molecule has 19 heavy (non-hydrogen) atoms. The second kappa shape index (κ2) is 4.05. The Morgan fingerprint density at radius 3 is 2.58 bits per heavy atom. The van der Waals surface area contributed by atoms with Gasteiger partial charge in [-0.2, -0.15) is 0 Å². The monoisotopic (exact) mass is 279 g/mol. The van der Waals surface area contributed by atoms with Crippen LogP contribution in [0.2, 0.25) is 0 Å². The van der Waals surface area contributed by atoms with Gasteiger partial charge in [-0.15, -0.1) is 11.3 Å². The van der Waals surface area contributed by atoms with Crippen molar-refractivity contribution in [3.05, 3.63) is 16.1 Å². The molecule has 4 heteroatoms. The van der Waals surface area contributed by atoms with E-state index in [1.54, 1.807) is 11.3 Å². The maximum Gasteiger partial charge on any atom is 0.310 e. The van der Waals surface area contributed by atoms with Crippen molar-refractivity contribution >= 4 is 17.3 Å². The molecule has 3 nitrogen and oxygen atoms in total. The largest absolute Gasteiger partial charge is 0.481 e. The number of rotatable bonds is 3. The van der Waals surface area contributed by atoms with Crippen LogP contribution in [0.3, 0.4) is 0 Å². The van der Waals surface area contributed by atoms with Crippen LogP contribution in [-0.4, -0.2) is 16.1 Å². The Kier molecular flexibility index (Phi) is 2.79.